The van der Waals surface area contributed by atoms with Crippen LogP contribution in [0.5, 0.6) is 5.75 Å². The van der Waals surface area contributed by atoms with Crippen molar-refractivity contribution in [3.63, 3.8) is 0 Å². The maximum Gasteiger partial charge on any atom is 0.328 e. The first kappa shape index (κ1) is 19.6. The predicted octanol–water partition coefficient (Wildman–Crippen LogP) is 3.51. The number of carboxylic acids is 2. The van der Waals surface area contributed by atoms with Gasteiger partial charge in [-0.25, -0.2) is 9.59 Å². The molecule has 1 saturated heterocycles. The zero-order chi connectivity index (χ0) is 20.3. The Balaban J connectivity index is 0.000000242. The minimum Gasteiger partial charge on any atom is -0.508 e. The van der Waals surface area contributed by atoms with Crippen LogP contribution in [0.4, 0.5) is 0 Å². The summed E-state index contributed by atoms with van der Waals surface area (Å²) in [6, 6.07) is 13.5. The number of likely N-dealkylation sites (N-methyl/N-ethyl adjacent to an activating group) is 1. The van der Waals surface area contributed by atoms with Gasteiger partial charge in [-0.2, -0.15) is 0 Å². The first-order valence-corrected chi connectivity index (χ1v) is 9.13. The summed E-state index contributed by atoms with van der Waals surface area (Å²) in [4.78, 5) is 21.6. The van der Waals surface area contributed by atoms with E-state index in [1.807, 2.05) is 12.1 Å². The number of nitrogens with zero attached hydrogens (tertiary/aromatic N) is 1. The summed E-state index contributed by atoms with van der Waals surface area (Å²) in [5.74, 6) is -2.18. The Morgan fingerprint density at radius 2 is 1.64 bits per heavy atom. The molecule has 0 aromatic heterocycles. The van der Waals surface area contributed by atoms with E-state index in [4.69, 9.17) is 10.2 Å². The molecule has 146 valence electrons. The van der Waals surface area contributed by atoms with Gasteiger partial charge in [0.2, 0.25) is 0 Å². The lowest BCUT2D eigenvalue weighted by molar-refractivity contribution is -0.134. The standard InChI is InChI=1S/C18H19NO.C4H4O4/c1-19-16-5-6-17(19)10-15(9-16)13-2-3-14-11-18(20)7-4-12(14)8-13;5-3(6)1-2-4(7)8/h2-4,7-9,11,16-17,20H,5-6,10H2,1H3;1-2H,(H,5,6)(H,7,8)/b;2-1+. The van der Waals surface area contributed by atoms with E-state index >= 15 is 0 Å². The Morgan fingerprint density at radius 3 is 2.29 bits per heavy atom. The third-order valence-corrected chi connectivity index (χ3v) is 5.31. The molecule has 2 aromatic rings. The average Bonchev–Trinajstić information content (AvgIpc) is 2.87. The number of rotatable bonds is 3. The third-order valence-electron chi connectivity index (χ3n) is 5.31. The maximum atomic E-state index is 9.55. The second kappa shape index (κ2) is 8.27. The number of carboxylic acid groups (broad SMARTS) is 2. The summed E-state index contributed by atoms with van der Waals surface area (Å²) in [7, 11) is 2.25. The van der Waals surface area contributed by atoms with E-state index in [9.17, 15) is 14.7 Å². The highest BCUT2D eigenvalue weighted by Crippen LogP contribution is 2.38. The van der Waals surface area contributed by atoms with Crippen molar-refractivity contribution in [2.45, 2.75) is 31.3 Å². The number of phenolic OH excluding ortho intramolecular Hbond substituents is 1. The monoisotopic (exact) mass is 381 g/mol. The number of benzene rings is 2. The summed E-state index contributed by atoms with van der Waals surface area (Å²) in [6.07, 6.45) is 7.35. The number of hydrogen-bond acceptors (Lipinski definition) is 4. The highest BCUT2D eigenvalue weighted by molar-refractivity contribution is 5.89. The van der Waals surface area contributed by atoms with Gasteiger partial charge in [0.05, 0.1) is 0 Å². The van der Waals surface area contributed by atoms with Crippen molar-refractivity contribution in [2.24, 2.45) is 0 Å². The van der Waals surface area contributed by atoms with Gasteiger partial charge in [0.15, 0.2) is 0 Å². The molecule has 1 fully saturated rings. The van der Waals surface area contributed by atoms with Crippen LogP contribution in [0.1, 0.15) is 24.8 Å². The van der Waals surface area contributed by atoms with Crippen LogP contribution in [0, 0.1) is 0 Å². The molecular weight excluding hydrogens is 358 g/mol. The molecule has 2 atom stereocenters. The van der Waals surface area contributed by atoms with Gasteiger partial charge in [-0.05, 0) is 66.4 Å². The van der Waals surface area contributed by atoms with Crippen molar-refractivity contribution in [3.05, 3.63) is 60.2 Å². The molecule has 2 aliphatic rings. The van der Waals surface area contributed by atoms with Crippen molar-refractivity contribution in [1.82, 2.24) is 4.90 Å². The van der Waals surface area contributed by atoms with Gasteiger partial charge in [0, 0.05) is 24.2 Å². The van der Waals surface area contributed by atoms with Crippen molar-refractivity contribution >= 4 is 28.3 Å². The number of carbonyl (C=O) groups is 2. The first-order chi connectivity index (χ1) is 13.3. The van der Waals surface area contributed by atoms with Gasteiger partial charge in [-0.3, -0.25) is 4.90 Å². The van der Waals surface area contributed by atoms with E-state index in [1.165, 1.54) is 29.4 Å². The molecule has 28 heavy (non-hydrogen) atoms. The van der Waals surface area contributed by atoms with Crippen LogP contribution in [-0.2, 0) is 9.59 Å². The fraction of sp³-hybridized carbons (Fsp3) is 0.273. The minimum atomic E-state index is -1.26. The minimum absolute atomic E-state index is 0.335. The molecule has 2 aliphatic heterocycles. The number of aliphatic carboxylic acids is 2. The molecule has 0 saturated carbocycles. The fourth-order valence-corrected chi connectivity index (χ4v) is 3.83. The van der Waals surface area contributed by atoms with Gasteiger partial charge >= 0.3 is 11.9 Å². The van der Waals surface area contributed by atoms with Crippen LogP contribution in [0.15, 0.2) is 54.6 Å². The average molecular weight is 381 g/mol. The molecule has 2 bridgehead atoms. The molecule has 2 heterocycles. The van der Waals surface area contributed by atoms with Gasteiger partial charge in [0.25, 0.3) is 0 Å². The SMILES string of the molecule is CN1C2C=C(c3ccc4cc(O)ccc4c3)CC1CC2.O=C(O)/C=C/C(=O)O. The molecule has 6 heteroatoms. The second-order valence-electron chi connectivity index (χ2n) is 7.12. The van der Waals surface area contributed by atoms with Crippen LogP contribution in [-0.4, -0.2) is 51.3 Å². The highest BCUT2D eigenvalue weighted by Gasteiger charge is 2.33. The molecule has 2 aromatic carbocycles. The molecule has 4 rings (SSSR count). The lowest BCUT2D eigenvalue weighted by Crippen LogP contribution is -2.34. The van der Waals surface area contributed by atoms with E-state index in [0.29, 0.717) is 23.9 Å². The molecule has 0 aliphatic carbocycles. The molecule has 0 amide bonds. The normalized spacial score (nSPS) is 21.2. The molecule has 0 spiro atoms. The zero-order valence-corrected chi connectivity index (χ0v) is 15.6. The zero-order valence-electron chi connectivity index (χ0n) is 15.6. The van der Waals surface area contributed by atoms with Crippen LogP contribution in [0.2, 0.25) is 0 Å². The Hall–Kier alpha value is -3.12. The highest BCUT2D eigenvalue weighted by atomic mass is 16.4. The molecular formula is C22H23NO5. The van der Waals surface area contributed by atoms with Crippen molar-refractivity contribution in [3.8, 4) is 5.75 Å². The number of hydrogen-bond donors (Lipinski definition) is 3. The van der Waals surface area contributed by atoms with E-state index in [1.54, 1.807) is 6.07 Å². The van der Waals surface area contributed by atoms with Crippen LogP contribution in [0.3, 0.4) is 0 Å². The number of aromatic hydroxyl groups is 1. The first-order valence-electron chi connectivity index (χ1n) is 9.13. The van der Waals surface area contributed by atoms with E-state index in [-0.39, 0.29) is 0 Å². The van der Waals surface area contributed by atoms with E-state index in [2.05, 4.69) is 36.2 Å². The third kappa shape index (κ3) is 4.58. The smallest absolute Gasteiger partial charge is 0.328 e. The summed E-state index contributed by atoms with van der Waals surface area (Å²) in [5.41, 5.74) is 2.83. The maximum absolute atomic E-state index is 9.55. The predicted molar refractivity (Wildman–Crippen MR) is 107 cm³/mol. The lowest BCUT2D eigenvalue weighted by Gasteiger charge is -2.30. The van der Waals surface area contributed by atoms with Gasteiger partial charge in [-0.1, -0.05) is 24.3 Å². The van der Waals surface area contributed by atoms with Crippen LogP contribution >= 0.6 is 0 Å². The number of fused-ring (bicyclic) bond motifs is 3. The van der Waals surface area contributed by atoms with Crippen molar-refractivity contribution in [1.29, 1.82) is 0 Å². The Morgan fingerprint density at radius 1 is 1.00 bits per heavy atom. The van der Waals surface area contributed by atoms with E-state index in [0.717, 1.165) is 17.8 Å². The van der Waals surface area contributed by atoms with Crippen LogP contribution in [0.25, 0.3) is 16.3 Å². The van der Waals surface area contributed by atoms with Crippen LogP contribution < -0.4 is 0 Å². The second-order valence-corrected chi connectivity index (χ2v) is 7.12. The summed E-state index contributed by atoms with van der Waals surface area (Å²) in [6.45, 7) is 0. The Labute approximate surface area is 163 Å². The van der Waals surface area contributed by atoms with Gasteiger partial charge < -0.3 is 15.3 Å². The summed E-state index contributed by atoms with van der Waals surface area (Å²) >= 11 is 0. The lowest BCUT2D eigenvalue weighted by atomic mass is 9.93. The Bertz CT molecular complexity index is 947. The van der Waals surface area contributed by atoms with E-state index < -0.39 is 11.9 Å². The topological polar surface area (TPSA) is 98.1 Å². The Kier molecular flexibility index (Phi) is 5.80. The fourth-order valence-electron chi connectivity index (χ4n) is 3.83. The van der Waals surface area contributed by atoms with Crippen molar-refractivity contribution < 1.29 is 24.9 Å². The number of phenols is 1. The summed E-state index contributed by atoms with van der Waals surface area (Å²) in [5, 5.41) is 27.5. The largest absolute Gasteiger partial charge is 0.508 e. The molecule has 6 nitrogen and oxygen atoms in total. The molecule has 0 radical (unpaired) electrons. The quantitative estimate of drug-likeness (QED) is 0.704. The summed E-state index contributed by atoms with van der Waals surface area (Å²) < 4.78 is 0. The van der Waals surface area contributed by atoms with Gasteiger partial charge in [0.1, 0.15) is 5.75 Å². The van der Waals surface area contributed by atoms with Gasteiger partial charge in [-0.15, -0.1) is 0 Å². The molecule has 3 N–H and O–H groups in total. The van der Waals surface area contributed by atoms with Crippen molar-refractivity contribution in [2.75, 3.05) is 7.05 Å². The molecule has 2 unspecified atom stereocenters.